The van der Waals surface area contributed by atoms with E-state index in [1.54, 1.807) is 6.92 Å². The number of ether oxygens (including phenoxy) is 1. The maximum atomic E-state index is 11.7. The average Bonchev–Trinajstić information content (AvgIpc) is 2.87. The molecule has 1 fully saturated rings. The summed E-state index contributed by atoms with van der Waals surface area (Å²) in [6.07, 6.45) is 3.34. The van der Waals surface area contributed by atoms with E-state index in [-0.39, 0.29) is 18.6 Å². The Balaban J connectivity index is 2.28. The highest BCUT2D eigenvalue weighted by molar-refractivity contribution is 5.81. The lowest BCUT2D eigenvalue weighted by Crippen LogP contribution is -2.53. The van der Waals surface area contributed by atoms with Crippen molar-refractivity contribution in [2.45, 2.75) is 51.2 Å². The third-order valence-electron chi connectivity index (χ3n) is 3.41. The van der Waals surface area contributed by atoms with Crippen LogP contribution in [0, 0.1) is 0 Å². The standard InChI is InChI=1S/C13H24N2O4/c1-3-6-13(2,12(17)18)15-9-11(16)14-8-10-5-4-7-19-10/h10,15H,3-9H2,1-2H3,(H,14,16)(H,17,18). The number of amides is 1. The second-order valence-electron chi connectivity index (χ2n) is 5.18. The molecule has 1 aliphatic rings. The molecule has 1 rings (SSSR count). The van der Waals surface area contributed by atoms with Gasteiger partial charge < -0.3 is 15.2 Å². The maximum Gasteiger partial charge on any atom is 0.323 e. The van der Waals surface area contributed by atoms with E-state index in [1.807, 2.05) is 6.92 Å². The van der Waals surface area contributed by atoms with Crippen LogP contribution in [0.5, 0.6) is 0 Å². The molecule has 3 N–H and O–H groups in total. The van der Waals surface area contributed by atoms with E-state index in [2.05, 4.69) is 10.6 Å². The molecule has 1 saturated heterocycles. The van der Waals surface area contributed by atoms with Crippen LogP contribution in [0.25, 0.3) is 0 Å². The zero-order valence-corrected chi connectivity index (χ0v) is 11.7. The van der Waals surface area contributed by atoms with Crippen LogP contribution < -0.4 is 10.6 Å². The van der Waals surface area contributed by atoms with Crippen LogP contribution in [0.4, 0.5) is 0 Å². The summed E-state index contributed by atoms with van der Waals surface area (Å²) in [7, 11) is 0. The third kappa shape index (κ3) is 5.16. The normalized spacial score (nSPS) is 21.9. The van der Waals surface area contributed by atoms with Crippen LogP contribution in [0.2, 0.25) is 0 Å². The fraction of sp³-hybridized carbons (Fsp3) is 0.846. The fourth-order valence-corrected chi connectivity index (χ4v) is 2.14. The molecule has 2 unspecified atom stereocenters. The van der Waals surface area contributed by atoms with Gasteiger partial charge in [-0.2, -0.15) is 0 Å². The number of carbonyl (C=O) groups excluding carboxylic acids is 1. The first-order valence-corrected chi connectivity index (χ1v) is 6.84. The molecule has 0 aromatic carbocycles. The number of carboxylic acids is 1. The molecule has 0 bridgehead atoms. The van der Waals surface area contributed by atoms with Gasteiger partial charge in [-0.25, -0.2) is 0 Å². The minimum atomic E-state index is -1.05. The van der Waals surface area contributed by atoms with Gasteiger partial charge in [0.05, 0.1) is 12.6 Å². The first-order chi connectivity index (χ1) is 8.98. The van der Waals surface area contributed by atoms with Crippen LogP contribution in [0.1, 0.15) is 39.5 Å². The summed E-state index contributed by atoms with van der Waals surface area (Å²) in [6, 6.07) is 0. The first kappa shape index (κ1) is 15.9. The summed E-state index contributed by atoms with van der Waals surface area (Å²) in [5.74, 6) is -1.12. The molecule has 1 amide bonds. The highest BCUT2D eigenvalue weighted by Gasteiger charge is 2.32. The van der Waals surface area contributed by atoms with Crippen LogP contribution in [-0.2, 0) is 14.3 Å². The highest BCUT2D eigenvalue weighted by atomic mass is 16.5. The van der Waals surface area contributed by atoms with Gasteiger partial charge in [0.2, 0.25) is 5.91 Å². The molecule has 6 heteroatoms. The van der Waals surface area contributed by atoms with Crippen LogP contribution >= 0.6 is 0 Å². The molecule has 1 heterocycles. The van der Waals surface area contributed by atoms with Gasteiger partial charge in [0.25, 0.3) is 0 Å². The van der Waals surface area contributed by atoms with Crippen molar-refractivity contribution in [3.05, 3.63) is 0 Å². The van der Waals surface area contributed by atoms with E-state index in [0.717, 1.165) is 25.9 Å². The summed E-state index contributed by atoms with van der Waals surface area (Å²) in [5, 5.41) is 14.7. The van der Waals surface area contributed by atoms with Crippen LogP contribution in [-0.4, -0.2) is 48.3 Å². The summed E-state index contributed by atoms with van der Waals surface area (Å²) in [6.45, 7) is 4.78. The van der Waals surface area contributed by atoms with Crippen molar-refractivity contribution in [3.8, 4) is 0 Å². The zero-order valence-electron chi connectivity index (χ0n) is 11.7. The van der Waals surface area contributed by atoms with Crippen molar-refractivity contribution in [3.63, 3.8) is 0 Å². The number of hydrogen-bond donors (Lipinski definition) is 3. The predicted octanol–water partition coefficient (Wildman–Crippen LogP) is 0.515. The predicted molar refractivity (Wildman–Crippen MR) is 70.9 cm³/mol. The van der Waals surface area contributed by atoms with Crippen molar-refractivity contribution in [2.24, 2.45) is 0 Å². The minimum Gasteiger partial charge on any atom is -0.480 e. The quantitative estimate of drug-likeness (QED) is 0.599. The zero-order chi connectivity index (χ0) is 14.3. The molecule has 19 heavy (non-hydrogen) atoms. The van der Waals surface area contributed by atoms with E-state index in [4.69, 9.17) is 9.84 Å². The lowest BCUT2D eigenvalue weighted by molar-refractivity contribution is -0.144. The summed E-state index contributed by atoms with van der Waals surface area (Å²) in [5.41, 5.74) is -1.05. The second-order valence-corrected chi connectivity index (χ2v) is 5.18. The van der Waals surface area contributed by atoms with Gasteiger partial charge in [0, 0.05) is 13.2 Å². The second kappa shape index (κ2) is 7.45. The Labute approximate surface area is 113 Å². The molecule has 6 nitrogen and oxygen atoms in total. The van der Waals surface area contributed by atoms with Crippen molar-refractivity contribution >= 4 is 11.9 Å². The van der Waals surface area contributed by atoms with Gasteiger partial charge in [0.1, 0.15) is 5.54 Å². The largest absolute Gasteiger partial charge is 0.480 e. The number of rotatable bonds is 8. The van der Waals surface area contributed by atoms with Crippen LogP contribution in [0.3, 0.4) is 0 Å². The van der Waals surface area contributed by atoms with Gasteiger partial charge in [-0.1, -0.05) is 13.3 Å². The molecule has 110 valence electrons. The van der Waals surface area contributed by atoms with E-state index in [1.165, 1.54) is 0 Å². The van der Waals surface area contributed by atoms with E-state index >= 15 is 0 Å². The maximum absolute atomic E-state index is 11.7. The molecule has 2 atom stereocenters. The minimum absolute atomic E-state index is 0.00944. The van der Waals surface area contributed by atoms with Gasteiger partial charge in [-0.15, -0.1) is 0 Å². The first-order valence-electron chi connectivity index (χ1n) is 6.84. The average molecular weight is 272 g/mol. The van der Waals surface area contributed by atoms with Gasteiger partial charge >= 0.3 is 5.97 Å². The monoisotopic (exact) mass is 272 g/mol. The molecule has 0 aromatic rings. The lowest BCUT2D eigenvalue weighted by Gasteiger charge is -2.25. The number of carbonyl (C=O) groups is 2. The molecular formula is C13H24N2O4. The Morgan fingerprint density at radius 3 is 2.74 bits per heavy atom. The summed E-state index contributed by atoms with van der Waals surface area (Å²) < 4.78 is 5.40. The van der Waals surface area contributed by atoms with Crippen LogP contribution in [0.15, 0.2) is 0 Å². The smallest absolute Gasteiger partial charge is 0.323 e. The Bertz CT molecular complexity index is 316. The van der Waals surface area contributed by atoms with E-state index < -0.39 is 11.5 Å². The van der Waals surface area contributed by atoms with Crippen molar-refractivity contribution in [1.82, 2.24) is 10.6 Å². The molecule has 0 aromatic heterocycles. The summed E-state index contributed by atoms with van der Waals surface area (Å²) >= 11 is 0. The topological polar surface area (TPSA) is 87.7 Å². The van der Waals surface area contributed by atoms with E-state index in [0.29, 0.717) is 13.0 Å². The number of carboxylic acid groups (broad SMARTS) is 1. The number of hydrogen-bond acceptors (Lipinski definition) is 4. The molecule has 0 aliphatic carbocycles. The van der Waals surface area contributed by atoms with Crippen molar-refractivity contribution in [2.75, 3.05) is 19.7 Å². The fourth-order valence-electron chi connectivity index (χ4n) is 2.14. The molecule has 1 aliphatic heterocycles. The number of nitrogens with one attached hydrogen (secondary N) is 2. The Morgan fingerprint density at radius 1 is 1.47 bits per heavy atom. The van der Waals surface area contributed by atoms with Crippen molar-refractivity contribution < 1.29 is 19.4 Å². The number of aliphatic carboxylic acids is 1. The highest BCUT2D eigenvalue weighted by Crippen LogP contribution is 2.12. The Kier molecular flexibility index (Phi) is 6.24. The Morgan fingerprint density at radius 2 is 2.21 bits per heavy atom. The van der Waals surface area contributed by atoms with Gasteiger partial charge in [-0.3, -0.25) is 14.9 Å². The van der Waals surface area contributed by atoms with Gasteiger partial charge in [-0.05, 0) is 26.2 Å². The molecule has 0 radical (unpaired) electrons. The van der Waals surface area contributed by atoms with Crippen molar-refractivity contribution in [1.29, 1.82) is 0 Å². The molecular weight excluding hydrogens is 248 g/mol. The Hall–Kier alpha value is -1.14. The lowest BCUT2D eigenvalue weighted by atomic mass is 9.96. The molecule has 0 spiro atoms. The third-order valence-corrected chi connectivity index (χ3v) is 3.41. The SMILES string of the molecule is CCCC(C)(NCC(=O)NCC1CCCO1)C(=O)O. The van der Waals surface area contributed by atoms with Gasteiger partial charge in [0.15, 0.2) is 0 Å². The van der Waals surface area contributed by atoms with E-state index in [9.17, 15) is 9.59 Å². The molecule has 0 saturated carbocycles. The summed E-state index contributed by atoms with van der Waals surface area (Å²) in [4.78, 5) is 22.8.